The molecule has 4 N–H and O–H groups in total. The van der Waals surface area contributed by atoms with Gasteiger partial charge < -0.3 is 11.2 Å². The van der Waals surface area contributed by atoms with Crippen molar-refractivity contribution >= 4 is 23.4 Å². The summed E-state index contributed by atoms with van der Waals surface area (Å²) in [4.78, 5) is 12.0. The summed E-state index contributed by atoms with van der Waals surface area (Å²) in [6.45, 7) is 0. The fourth-order valence-corrected chi connectivity index (χ4v) is 3.59. The van der Waals surface area contributed by atoms with Crippen molar-refractivity contribution in [2.75, 3.05) is 16.9 Å². The monoisotopic (exact) mass is 373 g/mol. The van der Waals surface area contributed by atoms with Crippen molar-refractivity contribution in [3.8, 4) is 11.5 Å². The molecule has 0 fully saturated rings. The molecule has 0 spiro atoms. The van der Waals surface area contributed by atoms with E-state index < -0.39 is 5.82 Å². The maximum Gasteiger partial charge on any atom is 0.234 e. The highest BCUT2D eigenvalue weighted by molar-refractivity contribution is 7.99. The van der Waals surface area contributed by atoms with Crippen LogP contribution < -0.4 is 11.2 Å². The van der Waals surface area contributed by atoms with Gasteiger partial charge >= 0.3 is 0 Å². The van der Waals surface area contributed by atoms with E-state index in [4.69, 9.17) is 5.84 Å². The van der Waals surface area contributed by atoms with Crippen LogP contribution in [0.5, 0.6) is 0 Å². The van der Waals surface area contributed by atoms with Crippen LogP contribution in [0.2, 0.25) is 0 Å². The molecule has 10 heteroatoms. The van der Waals surface area contributed by atoms with Gasteiger partial charge in [-0.05, 0) is 37.5 Å². The summed E-state index contributed by atoms with van der Waals surface area (Å²) in [5.41, 5.74) is 3.36. The van der Waals surface area contributed by atoms with Crippen molar-refractivity contribution in [3.05, 3.63) is 41.3 Å². The Morgan fingerprint density at radius 3 is 3.12 bits per heavy atom. The first kappa shape index (κ1) is 16.6. The smallest absolute Gasteiger partial charge is 0.234 e. The standard InChI is InChI=1S/C16H16FN7OS/c17-9-3-1-4-10(7-9)19-13(25)8-26-16-23-22-15(24(16)18)14-11-5-2-6-12(11)20-21-14/h1,3-4,7H,2,5-6,8,18H2,(H,19,25)(H,20,21). The number of nitrogen functional groups attached to an aromatic ring is 1. The van der Waals surface area contributed by atoms with Gasteiger partial charge in [-0.3, -0.25) is 9.89 Å². The lowest BCUT2D eigenvalue weighted by atomic mass is 10.2. The van der Waals surface area contributed by atoms with Crippen LogP contribution in [0, 0.1) is 5.82 Å². The number of fused-ring (bicyclic) bond motifs is 1. The molecule has 1 amide bonds. The number of H-pyrrole nitrogens is 1. The number of hydrogen-bond donors (Lipinski definition) is 3. The van der Waals surface area contributed by atoms with E-state index in [1.54, 1.807) is 6.07 Å². The molecule has 1 aliphatic carbocycles. The Kier molecular flexibility index (Phi) is 4.33. The lowest BCUT2D eigenvalue weighted by Gasteiger charge is -2.05. The minimum atomic E-state index is -0.409. The normalized spacial score (nSPS) is 13.0. The summed E-state index contributed by atoms with van der Waals surface area (Å²) in [6.07, 6.45) is 2.99. The van der Waals surface area contributed by atoms with Crippen LogP contribution >= 0.6 is 11.8 Å². The Balaban J connectivity index is 1.43. The Bertz CT molecular complexity index is 967. The number of amides is 1. The third-order valence-corrected chi connectivity index (χ3v) is 5.07. The van der Waals surface area contributed by atoms with E-state index in [2.05, 4.69) is 25.7 Å². The minimum absolute atomic E-state index is 0.0739. The molecule has 2 aromatic heterocycles. The summed E-state index contributed by atoms with van der Waals surface area (Å²) in [7, 11) is 0. The van der Waals surface area contributed by atoms with Crippen LogP contribution in [0.3, 0.4) is 0 Å². The second-order valence-electron chi connectivity index (χ2n) is 5.91. The molecule has 134 valence electrons. The van der Waals surface area contributed by atoms with E-state index in [0.29, 0.717) is 22.4 Å². The first-order valence-electron chi connectivity index (χ1n) is 8.07. The number of carbonyl (C=O) groups is 1. The summed E-state index contributed by atoms with van der Waals surface area (Å²) >= 11 is 1.15. The van der Waals surface area contributed by atoms with Crippen molar-refractivity contribution in [2.24, 2.45) is 0 Å². The number of anilines is 1. The number of rotatable bonds is 5. The number of aryl methyl sites for hydroxylation is 1. The highest BCUT2D eigenvalue weighted by Crippen LogP contribution is 2.30. The maximum atomic E-state index is 13.2. The molecule has 26 heavy (non-hydrogen) atoms. The zero-order valence-corrected chi connectivity index (χ0v) is 14.5. The first-order chi connectivity index (χ1) is 12.6. The number of aromatic amines is 1. The largest absolute Gasteiger partial charge is 0.335 e. The Morgan fingerprint density at radius 2 is 2.27 bits per heavy atom. The van der Waals surface area contributed by atoms with Crippen LogP contribution in [0.25, 0.3) is 11.5 Å². The second kappa shape index (κ2) is 6.79. The van der Waals surface area contributed by atoms with E-state index in [1.807, 2.05) is 0 Å². The van der Waals surface area contributed by atoms with E-state index in [-0.39, 0.29) is 11.7 Å². The van der Waals surface area contributed by atoms with Gasteiger partial charge in [-0.15, -0.1) is 10.2 Å². The summed E-state index contributed by atoms with van der Waals surface area (Å²) in [5.74, 6) is 5.93. The summed E-state index contributed by atoms with van der Waals surface area (Å²) in [5, 5.41) is 18.5. The van der Waals surface area contributed by atoms with Crippen LogP contribution in [0.1, 0.15) is 17.7 Å². The SMILES string of the molecule is Nn1c(SCC(=O)Nc2cccc(F)c2)nnc1-c1n[nH]c2c1CCC2. The zero-order valence-electron chi connectivity index (χ0n) is 13.7. The van der Waals surface area contributed by atoms with E-state index in [9.17, 15) is 9.18 Å². The van der Waals surface area contributed by atoms with Crippen molar-refractivity contribution in [3.63, 3.8) is 0 Å². The number of halogens is 1. The van der Waals surface area contributed by atoms with Crippen LogP contribution in [-0.4, -0.2) is 36.7 Å². The second-order valence-corrected chi connectivity index (χ2v) is 6.85. The van der Waals surface area contributed by atoms with Crippen molar-refractivity contribution in [2.45, 2.75) is 24.4 Å². The number of nitrogens with zero attached hydrogens (tertiary/aromatic N) is 4. The fourth-order valence-electron chi connectivity index (χ4n) is 2.93. The number of aromatic nitrogens is 5. The van der Waals surface area contributed by atoms with Crippen LogP contribution in [0.15, 0.2) is 29.4 Å². The molecule has 0 aliphatic heterocycles. The van der Waals surface area contributed by atoms with E-state index in [1.165, 1.54) is 22.9 Å². The van der Waals surface area contributed by atoms with Gasteiger partial charge in [-0.1, -0.05) is 17.8 Å². The van der Waals surface area contributed by atoms with Gasteiger partial charge in [0.1, 0.15) is 11.5 Å². The molecule has 0 saturated carbocycles. The third kappa shape index (κ3) is 3.15. The van der Waals surface area contributed by atoms with Gasteiger partial charge in [0.2, 0.25) is 16.9 Å². The number of nitrogens with two attached hydrogens (primary N) is 1. The number of carbonyl (C=O) groups excluding carboxylic acids is 1. The minimum Gasteiger partial charge on any atom is -0.335 e. The highest BCUT2D eigenvalue weighted by atomic mass is 32.2. The maximum absolute atomic E-state index is 13.2. The van der Waals surface area contributed by atoms with Gasteiger partial charge in [-0.2, -0.15) is 5.10 Å². The van der Waals surface area contributed by atoms with Crippen molar-refractivity contribution in [1.82, 2.24) is 25.1 Å². The van der Waals surface area contributed by atoms with Crippen LogP contribution in [-0.2, 0) is 17.6 Å². The molecule has 8 nitrogen and oxygen atoms in total. The number of benzene rings is 1. The molecule has 0 atom stereocenters. The fraction of sp³-hybridized carbons (Fsp3) is 0.250. The van der Waals surface area contributed by atoms with Gasteiger partial charge in [0.05, 0.1) is 5.75 Å². The lowest BCUT2D eigenvalue weighted by Crippen LogP contribution is -2.16. The quantitative estimate of drug-likeness (QED) is 0.464. The molecule has 2 heterocycles. The van der Waals surface area contributed by atoms with E-state index in [0.717, 1.165) is 42.3 Å². The molecule has 1 aliphatic rings. The lowest BCUT2D eigenvalue weighted by molar-refractivity contribution is -0.113. The average molecular weight is 373 g/mol. The third-order valence-electron chi connectivity index (χ3n) is 4.12. The molecule has 0 unspecified atom stereocenters. The molecule has 4 rings (SSSR count). The first-order valence-corrected chi connectivity index (χ1v) is 9.05. The van der Waals surface area contributed by atoms with Gasteiger partial charge in [-0.25, -0.2) is 9.07 Å². The highest BCUT2D eigenvalue weighted by Gasteiger charge is 2.24. The van der Waals surface area contributed by atoms with Crippen molar-refractivity contribution < 1.29 is 9.18 Å². The number of thioether (sulfide) groups is 1. The summed E-state index contributed by atoms with van der Waals surface area (Å²) in [6, 6.07) is 5.72. The van der Waals surface area contributed by atoms with Gasteiger partial charge in [0.25, 0.3) is 0 Å². The molecular weight excluding hydrogens is 357 g/mol. The van der Waals surface area contributed by atoms with Gasteiger partial charge in [0.15, 0.2) is 0 Å². The van der Waals surface area contributed by atoms with E-state index >= 15 is 0 Å². The molecule has 0 saturated heterocycles. The predicted octanol–water partition coefficient (Wildman–Crippen LogP) is 1.74. The molecule has 3 aromatic rings. The molecular formula is C16H16FN7OS. The Hall–Kier alpha value is -2.88. The topological polar surface area (TPSA) is 115 Å². The number of nitrogens with one attached hydrogen (secondary N) is 2. The predicted molar refractivity (Wildman–Crippen MR) is 95.5 cm³/mol. The van der Waals surface area contributed by atoms with Crippen LogP contribution in [0.4, 0.5) is 10.1 Å². The van der Waals surface area contributed by atoms with Crippen molar-refractivity contribution in [1.29, 1.82) is 0 Å². The Morgan fingerprint density at radius 1 is 1.38 bits per heavy atom. The molecule has 1 aromatic carbocycles. The zero-order chi connectivity index (χ0) is 18.1. The average Bonchev–Trinajstić information content (AvgIpc) is 3.29. The molecule has 0 bridgehead atoms. The van der Waals surface area contributed by atoms with Gasteiger partial charge in [0, 0.05) is 16.9 Å². The summed E-state index contributed by atoms with van der Waals surface area (Å²) < 4.78 is 14.5. The Labute approximate surface area is 152 Å². The molecule has 0 radical (unpaired) electrons. The number of hydrogen-bond acceptors (Lipinski definition) is 6.